The van der Waals surface area contributed by atoms with Crippen LogP contribution in [0.5, 0.6) is 0 Å². The number of amides is 1. The monoisotopic (exact) mass is 415 g/mol. The van der Waals surface area contributed by atoms with E-state index in [4.69, 9.17) is 16.3 Å². The normalized spacial score (nSPS) is 17.1. The standard InChI is InChI=1S/C23H23ClFNO3/c1-14(2)29-23(28)22-15(3)26(13-17-6-4-5-7-20(17)25)21(27)12-19(22)16-8-10-18(24)11-9-16/h4-11,14,19H,12-13H2,1-3H3/t19-/m1/s1. The van der Waals surface area contributed by atoms with Gasteiger partial charge in [-0.25, -0.2) is 9.18 Å². The maximum Gasteiger partial charge on any atom is 0.336 e. The first-order chi connectivity index (χ1) is 13.8. The fraction of sp³-hybridized carbons (Fsp3) is 0.304. The lowest BCUT2D eigenvalue weighted by atomic mass is 9.83. The zero-order valence-corrected chi connectivity index (χ0v) is 17.4. The Kier molecular flexibility index (Phi) is 6.38. The van der Waals surface area contributed by atoms with Gasteiger partial charge in [-0.05, 0) is 44.5 Å². The van der Waals surface area contributed by atoms with Crippen LogP contribution in [0, 0.1) is 5.82 Å². The molecule has 29 heavy (non-hydrogen) atoms. The van der Waals surface area contributed by atoms with Gasteiger partial charge in [-0.3, -0.25) is 4.79 Å². The van der Waals surface area contributed by atoms with Gasteiger partial charge in [-0.15, -0.1) is 0 Å². The summed E-state index contributed by atoms with van der Waals surface area (Å²) in [5.41, 5.74) is 2.09. The molecule has 1 heterocycles. The number of hydrogen-bond acceptors (Lipinski definition) is 3. The van der Waals surface area contributed by atoms with Gasteiger partial charge < -0.3 is 9.64 Å². The van der Waals surface area contributed by atoms with Gasteiger partial charge in [-0.1, -0.05) is 41.9 Å². The first kappa shape index (κ1) is 21.1. The highest BCUT2D eigenvalue weighted by Crippen LogP contribution is 2.38. The largest absolute Gasteiger partial charge is 0.460 e. The van der Waals surface area contributed by atoms with Crippen molar-refractivity contribution >= 4 is 23.5 Å². The summed E-state index contributed by atoms with van der Waals surface area (Å²) in [5.74, 6) is -1.47. The first-order valence-corrected chi connectivity index (χ1v) is 9.86. The van der Waals surface area contributed by atoms with Crippen molar-refractivity contribution in [1.82, 2.24) is 4.90 Å². The number of carbonyl (C=O) groups is 2. The lowest BCUT2D eigenvalue weighted by Gasteiger charge is -2.35. The van der Waals surface area contributed by atoms with E-state index in [1.165, 1.54) is 11.0 Å². The molecule has 0 saturated carbocycles. The SMILES string of the molecule is CC1=C(C(=O)OC(C)C)[C@@H](c2ccc(Cl)cc2)CC(=O)N1Cc1ccccc1F. The van der Waals surface area contributed by atoms with Crippen molar-refractivity contribution in [2.75, 3.05) is 0 Å². The Morgan fingerprint density at radius 2 is 1.86 bits per heavy atom. The predicted molar refractivity (Wildman–Crippen MR) is 110 cm³/mol. The number of rotatable bonds is 5. The highest BCUT2D eigenvalue weighted by atomic mass is 35.5. The third-order valence-electron chi connectivity index (χ3n) is 4.94. The Morgan fingerprint density at radius 1 is 1.21 bits per heavy atom. The Morgan fingerprint density at radius 3 is 2.48 bits per heavy atom. The van der Waals surface area contributed by atoms with Crippen molar-refractivity contribution in [2.24, 2.45) is 0 Å². The van der Waals surface area contributed by atoms with Crippen LogP contribution >= 0.6 is 11.6 Å². The van der Waals surface area contributed by atoms with Crippen LogP contribution in [0.15, 0.2) is 59.8 Å². The number of esters is 1. The molecule has 0 bridgehead atoms. The third kappa shape index (κ3) is 4.67. The first-order valence-electron chi connectivity index (χ1n) is 9.49. The number of ether oxygens (including phenoxy) is 1. The summed E-state index contributed by atoms with van der Waals surface area (Å²) in [6, 6.07) is 13.4. The van der Waals surface area contributed by atoms with Crippen molar-refractivity contribution in [3.05, 3.63) is 81.8 Å². The Balaban J connectivity index is 2.04. The Hall–Kier alpha value is -2.66. The molecule has 0 N–H and O–H groups in total. The lowest BCUT2D eigenvalue weighted by Crippen LogP contribution is -2.38. The molecule has 0 spiro atoms. The van der Waals surface area contributed by atoms with E-state index < -0.39 is 11.9 Å². The van der Waals surface area contributed by atoms with Crippen molar-refractivity contribution < 1.29 is 18.7 Å². The van der Waals surface area contributed by atoms with E-state index in [1.807, 2.05) is 12.1 Å². The van der Waals surface area contributed by atoms with Gasteiger partial charge in [0.1, 0.15) is 5.82 Å². The molecule has 1 aliphatic rings. The molecule has 0 unspecified atom stereocenters. The smallest absolute Gasteiger partial charge is 0.336 e. The van der Waals surface area contributed by atoms with Crippen molar-refractivity contribution in [3.63, 3.8) is 0 Å². The molecular formula is C23H23ClFNO3. The van der Waals surface area contributed by atoms with Crippen LogP contribution < -0.4 is 0 Å². The number of benzene rings is 2. The molecule has 6 heteroatoms. The summed E-state index contributed by atoms with van der Waals surface area (Å²) in [6.45, 7) is 5.31. The average molecular weight is 416 g/mol. The molecule has 0 saturated heterocycles. The number of hydrogen-bond donors (Lipinski definition) is 0. The van der Waals surface area contributed by atoms with Gasteiger partial charge in [0.05, 0.1) is 18.2 Å². The van der Waals surface area contributed by atoms with Gasteiger partial charge in [0.25, 0.3) is 0 Å². The molecule has 0 fully saturated rings. The van der Waals surface area contributed by atoms with Gasteiger partial charge in [0.15, 0.2) is 0 Å². The Bertz CT molecular complexity index is 953. The van der Waals surface area contributed by atoms with Crippen LogP contribution in [0.1, 0.15) is 44.2 Å². The quantitative estimate of drug-likeness (QED) is 0.629. The van der Waals surface area contributed by atoms with Gasteiger partial charge in [0.2, 0.25) is 5.91 Å². The molecule has 2 aromatic rings. The van der Waals surface area contributed by atoms with E-state index in [0.29, 0.717) is 21.9 Å². The fourth-order valence-electron chi connectivity index (χ4n) is 3.52. The second-order valence-electron chi connectivity index (χ2n) is 7.33. The van der Waals surface area contributed by atoms with Crippen LogP contribution in [0.4, 0.5) is 4.39 Å². The summed E-state index contributed by atoms with van der Waals surface area (Å²) in [5, 5.41) is 0.573. The highest BCUT2D eigenvalue weighted by molar-refractivity contribution is 6.30. The number of carbonyl (C=O) groups excluding carboxylic acids is 2. The molecule has 4 nitrogen and oxygen atoms in total. The maximum atomic E-state index is 14.1. The molecule has 1 atom stereocenters. The molecule has 0 aliphatic carbocycles. The molecule has 152 valence electrons. The van der Waals surface area contributed by atoms with Crippen molar-refractivity contribution in [1.29, 1.82) is 0 Å². The number of allylic oxidation sites excluding steroid dienone is 1. The predicted octanol–water partition coefficient (Wildman–Crippen LogP) is 5.22. The van der Waals surface area contributed by atoms with Crippen LogP contribution in [-0.2, 0) is 20.9 Å². The molecule has 3 rings (SSSR count). The topological polar surface area (TPSA) is 46.6 Å². The van der Waals surface area contributed by atoms with E-state index in [1.54, 1.807) is 51.1 Å². The minimum Gasteiger partial charge on any atom is -0.460 e. The number of nitrogens with zero attached hydrogens (tertiary/aromatic N) is 1. The molecule has 2 aromatic carbocycles. The number of halogens is 2. The summed E-state index contributed by atoms with van der Waals surface area (Å²) in [6.07, 6.45) is -0.207. The van der Waals surface area contributed by atoms with E-state index >= 15 is 0 Å². The second kappa shape index (κ2) is 8.78. The minimum atomic E-state index is -0.469. The maximum absolute atomic E-state index is 14.1. The summed E-state index contributed by atoms with van der Waals surface area (Å²) in [7, 11) is 0. The minimum absolute atomic E-state index is 0.0587. The van der Waals surface area contributed by atoms with E-state index in [0.717, 1.165) is 5.56 Å². The lowest BCUT2D eigenvalue weighted by molar-refractivity contribution is -0.143. The fourth-order valence-corrected chi connectivity index (χ4v) is 3.65. The summed E-state index contributed by atoms with van der Waals surface area (Å²) < 4.78 is 19.6. The Labute approximate surface area is 174 Å². The third-order valence-corrected chi connectivity index (χ3v) is 5.20. The summed E-state index contributed by atoms with van der Waals surface area (Å²) in [4.78, 5) is 27.3. The van der Waals surface area contributed by atoms with Gasteiger partial charge in [-0.2, -0.15) is 0 Å². The second-order valence-corrected chi connectivity index (χ2v) is 7.77. The van der Waals surface area contributed by atoms with E-state index in [9.17, 15) is 14.0 Å². The van der Waals surface area contributed by atoms with Gasteiger partial charge in [0, 0.05) is 28.6 Å². The molecule has 1 aliphatic heterocycles. The van der Waals surface area contributed by atoms with Crippen LogP contribution in [0.25, 0.3) is 0 Å². The highest BCUT2D eigenvalue weighted by Gasteiger charge is 2.37. The zero-order valence-electron chi connectivity index (χ0n) is 16.6. The molecule has 0 aromatic heterocycles. The molecular weight excluding hydrogens is 393 g/mol. The van der Waals surface area contributed by atoms with Crippen LogP contribution in [-0.4, -0.2) is 22.9 Å². The van der Waals surface area contributed by atoms with E-state index in [-0.39, 0.29) is 30.8 Å². The van der Waals surface area contributed by atoms with E-state index in [2.05, 4.69) is 0 Å². The zero-order chi connectivity index (χ0) is 21.1. The molecule has 1 amide bonds. The summed E-state index contributed by atoms with van der Waals surface area (Å²) >= 11 is 5.99. The average Bonchev–Trinajstić information content (AvgIpc) is 2.66. The van der Waals surface area contributed by atoms with Crippen molar-refractivity contribution in [3.8, 4) is 0 Å². The van der Waals surface area contributed by atoms with Gasteiger partial charge >= 0.3 is 5.97 Å². The van der Waals surface area contributed by atoms with Crippen LogP contribution in [0.3, 0.4) is 0 Å². The van der Waals surface area contributed by atoms with Crippen molar-refractivity contribution in [2.45, 2.75) is 45.8 Å². The van der Waals surface area contributed by atoms with Crippen LogP contribution in [0.2, 0.25) is 5.02 Å². The molecule has 0 radical (unpaired) electrons.